The molecule has 8 nitrogen and oxygen atoms in total. The number of para-hydroxylation sites is 1. The van der Waals surface area contributed by atoms with Gasteiger partial charge in [0.05, 0.1) is 23.2 Å². The van der Waals surface area contributed by atoms with Crippen molar-refractivity contribution in [1.82, 2.24) is 20.1 Å². The van der Waals surface area contributed by atoms with Crippen LogP contribution in [0.4, 0.5) is 4.39 Å². The fourth-order valence-corrected chi connectivity index (χ4v) is 4.35. The number of thiophene rings is 1. The zero-order valence-electron chi connectivity index (χ0n) is 17.8. The summed E-state index contributed by atoms with van der Waals surface area (Å²) >= 11 is 1.42. The lowest BCUT2D eigenvalue weighted by molar-refractivity contribution is -0.125. The summed E-state index contributed by atoms with van der Waals surface area (Å²) in [5.74, 6) is -0.714. The molecule has 172 valence electrons. The molecule has 1 aliphatic heterocycles. The third kappa shape index (κ3) is 4.53. The van der Waals surface area contributed by atoms with E-state index in [2.05, 4.69) is 15.4 Å². The van der Waals surface area contributed by atoms with Gasteiger partial charge in [-0.1, -0.05) is 24.3 Å². The van der Waals surface area contributed by atoms with Gasteiger partial charge < -0.3 is 14.8 Å². The minimum absolute atomic E-state index is 0.197. The normalized spacial score (nSPS) is 14.7. The monoisotopic (exact) mass is 478 g/mol. The Morgan fingerprint density at radius 2 is 1.97 bits per heavy atom. The molecule has 1 unspecified atom stereocenters. The van der Waals surface area contributed by atoms with Crippen LogP contribution in [-0.4, -0.2) is 39.9 Å². The number of carbonyl (C=O) groups excluding carboxylic acids is 2. The SMILES string of the molecule is O=C(COC(=O)c1nc(-c2cccs2)n(-c2ccc(F)cc2)n1)NC1CCOc2ccccc21. The van der Waals surface area contributed by atoms with Crippen LogP contribution in [0.3, 0.4) is 0 Å². The molecule has 10 heteroatoms. The van der Waals surface area contributed by atoms with Crippen molar-refractivity contribution in [2.75, 3.05) is 13.2 Å². The van der Waals surface area contributed by atoms with Gasteiger partial charge in [-0.15, -0.1) is 16.4 Å². The summed E-state index contributed by atoms with van der Waals surface area (Å²) in [5, 5.41) is 9.00. The van der Waals surface area contributed by atoms with Crippen LogP contribution >= 0.6 is 11.3 Å². The second-order valence-electron chi connectivity index (χ2n) is 7.50. The number of aromatic nitrogens is 3. The van der Waals surface area contributed by atoms with Gasteiger partial charge in [0.15, 0.2) is 12.4 Å². The first-order chi connectivity index (χ1) is 16.6. The maximum atomic E-state index is 13.4. The lowest BCUT2D eigenvalue weighted by atomic mass is 10.0. The van der Waals surface area contributed by atoms with Crippen LogP contribution in [0.25, 0.3) is 16.4 Å². The number of nitrogens with zero attached hydrogens (tertiary/aromatic N) is 3. The third-order valence-electron chi connectivity index (χ3n) is 5.23. The van der Waals surface area contributed by atoms with Crippen LogP contribution < -0.4 is 10.1 Å². The van der Waals surface area contributed by atoms with Crippen molar-refractivity contribution >= 4 is 23.2 Å². The topological polar surface area (TPSA) is 95.3 Å². The lowest BCUT2D eigenvalue weighted by Crippen LogP contribution is -2.35. The maximum Gasteiger partial charge on any atom is 0.378 e. The number of halogens is 1. The average molecular weight is 479 g/mol. The van der Waals surface area contributed by atoms with E-state index in [1.165, 1.54) is 40.3 Å². The van der Waals surface area contributed by atoms with Crippen LogP contribution in [-0.2, 0) is 9.53 Å². The molecule has 0 aliphatic carbocycles. The molecule has 0 saturated carbocycles. The summed E-state index contributed by atoms with van der Waals surface area (Å²) in [7, 11) is 0. The van der Waals surface area contributed by atoms with Crippen LogP contribution in [0.2, 0.25) is 0 Å². The first kappa shape index (κ1) is 21.8. The van der Waals surface area contributed by atoms with Gasteiger partial charge in [-0.3, -0.25) is 4.79 Å². The Labute approximate surface area is 198 Å². The van der Waals surface area contributed by atoms with E-state index in [-0.39, 0.29) is 17.7 Å². The van der Waals surface area contributed by atoms with Crippen molar-refractivity contribution in [2.45, 2.75) is 12.5 Å². The van der Waals surface area contributed by atoms with Gasteiger partial charge in [0, 0.05) is 12.0 Å². The van der Waals surface area contributed by atoms with Gasteiger partial charge in [0.25, 0.3) is 11.7 Å². The Morgan fingerprint density at radius 3 is 2.76 bits per heavy atom. The molecule has 3 heterocycles. The number of rotatable bonds is 6. The van der Waals surface area contributed by atoms with E-state index < -0.39 is 18.5 Å². The van der Waals surface area contributed by atoms with E-state index in [0.29, 0.717) is 24.5 Å². The molecule has 0 radical (unpaired) electrons. The number of benzene rings is 2. The van der Waals surface area contributed by atoms with Crippen molar-refractivity contribution in [1.29, 1.82) is 0 Å². The van der Waals surface area contributed by atoms with Gasteiger partial charge in [0.2, 0.25) is 0 Å². The lowest BCUT2D eigenvalue weighted by Gasteiger charge is -2.26. The second-order valence-corrected chi connectivity index (χ2v) is 8.44. The summed E-state index contributed by atoms with van der Waals surface area (Å²) in [6.07, 6.45) is 0.616. The van der Waals surface area contributed by atoms with E-state index >= 15 is 0 Å². The Hall–Kier alpha value is -4.05. The van der Waals surface area contributed by atoms with E-state index in [4.69, 9.17) is 9.47 Å². The van der Waals surface area contributed by atoms with E-state index in [1.807, 2.05) is 41.8 Å². The number of carbonyl (C=O) groups is 2. The molecular formula is C24H19FN4O4S. The van der Waals surface area contributed by atoms with E-state index in [1.54, 1.807) is 0 Å². The first-order valence-corrected chi connectivity index (χ1v) is 11.4. The van der Waals surface area contributed by atoms with Crippen LogP contribution in [0.5, 0.6) is 5.75 Å². The summed E-state index contributed by atoms with van der Waals surface area (Å²) in [6, 6.07) is 16.6. The first-order valence-electron chi connectivity index (χ1n) is 10.5. The Morgan fingerprint density at radius 1 is 1.15 bits per heavy atom. The standard InChI is InChI=1S/C24H19FN4O4S/c25-15-7-9-16(10-8-15)29-23(20-6-3-13-34-20)27-22(28-29)24(31)33-14-21(30)26-18-11-12-32-19-5-2-1-4-17(18)19/h1-10,13,18H,11-12,14H2,(H,26,30). The van der Waals surface area contributed by atoms with Crippen molar-refractivity contribution in [3.8, 4) is 22.1 Å². The molecule has 4 aromatic rings. The molecule has 0 saturated heterocycles. The summed E-state index contributed by atoms with van der Waals surface area (Å²) in [5.41, 5.74) is 1.42. The summed E-state index contributed by atoms with van der Waals surface area (Å²) in [6.45, 7) is 0.00969. The second kappa shape index (κ2) is 9.44. The fourth-order valence-electron chi connectivity index (χ4n) is 3.65. The molecule has 0 spiro atoms. The van der Waals surface area contributed by atoms with Gasteiger partial charge in [-0.2, -0.15) is 4.98 Å². The highest BCUT2D eigenvalue weighted by molar-refractivity contribution is 7.13. The fraction of sp³-hybridized carbons (Fsp3) is 0.167. The van der Waals surface area contributed by atoms with Crippen LogP contribution in [0.15, 0.2) is 66.0 Å². The number of hydrogen-bond donors (Lipinski definition) is 1. The predicted molar refractivity (Wildman–Crippen MR) is 122 cm³/mol. The van der Waals surface area contributed by atoms with E-state index in [0.717, 1.165) is 16.2 Å². The van der Waals surface area contributed by atoms with Crippen LogP contribution in [0, 0.1) is 5.82 Å². The van der Waals surface area contributed by atoms with E-state index in [9.17, 15) is 14.0 Å². The number of esters is 1. The van der Waals surface area contributed by atoms with Gasteiger partial charge in [0.1, 0.15) is 11.6 Å². The van der Waals surface area contributed by atoms with Gasteiger partial charge in [-0.05, 0) is 41.8 Å². The zero-order valence-corrected chi connectivity index (χ0v) is 18.6. The molecule has 34 heavy (non-hydrogen) atoms. The predicted octanol–water partition coefficient (Wildman–Crippen LogP) is 3.93. The van der Waals surface area contributed by atoms with Crippen molar-refractivity contribution < 1.29 is 23.5 Å². The molecule has 0 fully saturated rings. The Bertz CT molecular complexity index is 1320. The Balaban J connectivity index is 1.29. The molecule has 2 aromatic heterocycles. The number of amides is 1. The number of nitrogens with one attached hydrogen (secondary N) is 1. The molecule has 1 aliphatic rings. The highest BCUT2D eigenvalue weighted by Gasteiger charge is 2.25. The zero-order chi connectivity index (χ0) is 23.5. The van der Waals surface area contributed by atoms with Crippen molar-refractivity contribution in [2.24, 2.45) is 0 Å². The smallest absolute Gasteiger partial charge is 0.378 e. The van der Waals surface area contributed by atoms with Gasteiger partial charge in [-0.25, -0.2) is 13.9 Å². The largest absolute Gasteiger partial charge is 0.493 e. The average Bonchev–Trinajstić information content (AvgIpc) is 3.54. The van der Waals surface area contributed by atoms with Crippen molar-refractivity contribution in [3.63, 3.8) is 0 Å². The molecule has 2 aromatic carbocycles. The van der Waals surface area contributed by atoms with Crippen molar-refractivity contribution in [3.05, 3.63) is 83.2 Å². The third-order valence-corrected chi connectivity index (χ3v) is 6.10. The number of ether oxygens (including phenoxy) is 2. The highest BCUT2D eigenvalue weighted by atomic mass is 32.1. The Kier molecular flexibility index (Phi) is 6.05. The minimum Gasteiger partial charge on any atom is -0.493 e. The van der Waals surface area contributed by atoms with Crippen LogP contribution in [0.1, 0.15) is 28.6 Å². The molecule has 1 amide bonds. The summed E-state index contributed by atoms with van der Waals surface area (Å²) in [4.78, 5) is 30.2. The number of fused-ring (bicyclic) bond motifs is 1. The maximum absolute atomic E-state index is 13.4. The minimum atomic E-state index is -0.832. The molecule has 5 rings (SSSR count). The highest BCUT2D eigenvalue weighted by Crippen LogP contribution is 2.31. The molecule has 1 N–H and O–H groups in total. The molecule has 0 bridgehead atoms. The summed E-state index contributed by atoms with van der Waals surface area (Å²) < 4.78 is 25.6. The number of hydrogen-bond acceptors (Lipinski definition) is 7. The molecule has 1 atom stereocenters. The quantitative estimate of drug-likeness (QED) is 0.422. The van der Waals surface area contributed by atoms with Gasteiger partial charge >= 0.3 is 5.97 Å². The molecular weight excluding hydrogens is 459 g/mol.